The zero-order chi connectivity index (χ0) is 15.2. The first kappa shape index (κ1) is 16.0. The minimum atomic E-state index is -0.254. The molecule has 4 heteroatoms. The van der Waals surface area contributed by atoms with Gasteiger partial charge in [0.15, 0.2) is 0 Å². The molecule has 0 aliphatic heterocycles. The van der Waals surface area contributed by atoms with Crippen molar-refractivity contribution < 1.29 is 9.18 Å². The van der Waals surface area contributed by atoms with Gasteiger partial charge in [-0.2, -0.15) is 0 Å². The number of benzene rings is 1. The Labute approximate surface area is 126 Å². The lowest BCUT2D eigenvalue weighted by Crippen LogP contribution is -2.39. The quantitative estimate of drug-likeness (QED) is 0.798. The summed E-state index contributed by atoms with van der Waals surface area (Å²) in [6.07, 6.45) is 3.66. The molecule has 1 N–H and O–H groups in total. The van der Waals surface area contributed by atoms with E-state index in [4.69, 9.17) is 0 Å². The second-order valence-electron chi connectivity index (χ2n) is 6.02. The average Bonchev–Trinajstić information content (AvgIpc) is 3.23. The van der Waals surface area contributed by atoms with Crippen molar-refractivity contribution in [1.29, 1.82) is 0 Å². The molecule has 1 unspecified atom stereocenters. The van der Waals surface area contributed by atoms with Crippen LogP contribution >= 0.6 is 0 Å². The molecule has 0 aromatic heterocycles. The van der Waals surface area contributed by atoms with Gasteiger partial charge in [0.1, 0.15) is 5.82 Å². The lowest BCUT2D eigenvalue weighted by atomic mass is 10.1. The number of rotatable bonds is 8. The summed E-state index contributed by atoms with van der Waals surface area (Å²) in [4.78, 5) is 14.4. The smallest absolute Gasteiger partial charge is 0.234 e. The molecule has 21 heavy (non-hydrogen) atoms. The molecule has 1 aromatic rings. The van der Waals surface area contributed by atoms with E-state index < -0.39 is 0 Å². The maximum Gasteiger partial charge on any atom is 0.234 e. The highest BCUT2D eigenvalue weighted by Crippen LogP contribution is 2.29. The number of hydrogen-bond donors (Lipinski definition) is 1. The van der Waals surface area contributed by atoms with E-state index in [0.717, 1.165) is 31.0 Å². The molecule has 0 heterocycles. The van der Waals surface area contributed by atoms with E-state index in [1.54, 1.807) is 12.1 Å². The molecule has 1 aromatic carbocycles. The Bertz CT molecular complexity index is 456. The van der Waals surface area contributed by atoms with Gasteiger partial charge < -0.3 is 5.32 Å². The molecule has 2 rings (SSSR count). The van der Waals surface area contributed by atoms with Crippen LogP contribution in [0.5, 0.6) is 0 Å². The lowest BCUT2D eigenvalue weighted by molar-refractivity contribution is -0.123. The van der Waals surface area contributed by atoms with Crippen LogP contribution in [0.3, 0.4) is 0 Å². The number of amides is 1. The summed E-state index contributed by atoms with van der Waals surface area (Å²) in [6, 6.07) is 6.19. The summed E-state index contributed by atoms with van der Waals surface area (Å²) < 4.78 is 12.9. The SMILES string of the molecule is CCCN(CC(=O)NC(C)c1ccc(F)cc1)CC1CC1. The van der Waals surface area contributed by atoms with Crippen LogP contribution in [0.15, 0.2) is 24.3 Å². The fraction of sp³-hybridized carbons (Fsp3) is 0.588. The van der Waals surface area contributed by atoms with Crippen LogP contribution in [0.1, 0.15) is 44.7 Å². The van der Waals surface area contributed by atoms with Gasteiger partial charge in [0.2, 0.25) is 5.91 Å². The topological polar surface area (TPSA) is 32.3 Å². The minimum absolute atomic E-state index is 0.0425. The van der Waals surface area contributed by atoms with Crippen molar-refractivity contribution >= 4 is 5.91 Å². The average molecular weight is 292 g/mol. The van der Waals surface area contributed by atoms with Gasteiger partial charge in [0.05, 0.1) is 12.6 Å². The molecule has 1 saturated carbocycles. The highest BCUT2D eigenvalue weighted by Gasteiger charge is 2.25. The summed E-state index contributed by atoms with van der Waals surface area (Å²) in [5.74, 6) is 0.579. The number of halogens is 1. The molecular weight excluding hydrogens is 267 g/mol. The summed E-state index contributed by atoms with van der Waals surface area (Å²) in [5.41, 5.74) is 0.925. The minimum Gasteiger partial charge on any atom is -0.348 e. The van der Waals surface area contributed by atoms with Crippen molar-refractivity contribution in [3.05, 3.63) is 35.6 Å². The fourth-order valence-corrected chi connectivity index (χ4v) is 2.54. The summed E-state index contributed by atoms with van der Waals surface area (Å²) in [7, 11) is 0. The Morgan fingerprint density at radius 3 is 2.62 bits per heavy atom. The van der Waals surface area contributed by atoms with Crippen molar-refractivity contribution in [2.24, 2.45) is 5.92 Å². The van der Waals surface area contributed by atoms with Gasteiger partial charge in [-0.25, -0.2) is 4.39 Å². The molecule has 0 saturated heterocycles. The third kappa shape index (κ3) is 5.46. The van der Waals surface area contributed by atoms with Crippen molar-refractivity contribution in [3.63, 3.8) is 0 Å². The number of carbonyl (C=O) groups is 1. The van der Waals surface area contributed by atoms with E-state index >= 15 is 0 Å². The van der Waals surface area contributed by atoms with Gasteiger partial charge in [-0.15, -0.1) is 0 Å². The standard InChI is InChI=1S/C17H25FN2O/c1-3-10-20(11-14-4-5-14)12-17(21)19-13(2)15-6-8-16(18)9-7-15/h6-9,13-14H,3-5,10-12H2,1-2H3,(H,19,21). The highest BCUT2D eigenvalue weighted by molar-refractivity contribution is 5.78. The fourth-order valence-electron chi connectivity index (χ4n) is 2.54. The predicted octanol–water partition coefficient (Wildman–Crippen LogP) is 3.12. The Balaban J connectivity index is 1.82. The molecule has 1 atom stereocenters. The van der Waals surface area contributed by atoms with Crippen LogP contribution < -0.4 is 5.32 Å². The van der Waals surface area contributed by atoms with Crippen molar-refractivity contribution in [2.75, 3.05) is 19.6 Å². The van der Waals surface area contributed by atoms with Gasteiger partial charge in [-0.05, 0) is 56.3 Å². The Hall–Kier alpha value is -1.42. The van der Waals surface area contributed by atoms with E-state index in [2.05, 4.69) is 17.1 Å². The number of nitrogens with one attached hydrogen (secondary N) is 1. The first-order valence-electron chi connectivity index (χ1n) is 7.85. The first-order chi connectivity index (χ1) is 10.1. The normalized spacial score (nSPS) is 16.0. The molecule has 1 aliphatic rings. The molecule has 0 bridgehead atoms. The van der Waals surface area contributed by atoms with Gasteiger partial charge in [0.25, 0.3) is 0 Å². The van der Waals surface area contributed by atoms with Gasteiger partial charge in [0, 0.05) is 6.54 Å². The second kappa shape index (κ2) is 7.55. The van der Waals surface area contributed by atoms with E-state index in [1.165, 1.54) is 25.0 Å². The van der Waals surface area contributed by atoms with Crippen LogP contribution in [-0.2, 0) is 4.79 Å². The van der Waals surface area contributed by atoms with Gasteiger partial charge in [-0.1, -0.05) is 19.1 Å². The van der Waals surface area contributed by atoms with Crippen molar-refractivity contribution in [1.82, 2.24) is 10.2 Å². The predicted molar refractivity (Wildman–Crippen MR) is 82.4 cm³/mol. The van der Waals surface area contributed by atoms with Crippen molar-refractivity contribution in [3.8, 4) is 0 Å². The maximum absolute atomic E-state index is 12.9. The third-order valence-corrected chi connectivity index (χ3v) is 3.87. The molecule has 1 fully saturated rings. The number of nitrogens with zero attached hydrogens (tertiary/aromatic N) is 1. The van der Waals surface area contributed by atoms with Crippen LogP contribution in [0.4, 0.5) is 4.39 Å². The highest BCUT2D eigenvalue weighted by atomic mass is 19.1. The Morgan fingerprint density at radius 1 is 1.38 bits per heavy atom. The molecular formula is C17H25FN2O. The summed E-state index contributed by atoms with van der Waals surface area (Å²) in [6.45, 7) is 6.52. The van der Waals surface area contributed by atoms with Crippen LogP contribution in [-0.4, -0.2) is 30.4 Å². The van der Waals surface area contributed by atoms with Crippen molar-refractivity contribution in [2.45, 2.75) is 39.2 Å². The second-order valence-corrected chi connectivity index (χ2v) is 6.02. The van der Waals surface area contributed by atoms with E-state index in [1.807, 2.05) is 6.92 Å². The largest absolute Gasteiger partial charge is 0.348 e. The molecule has 116 valence electrons. The summed E-state index contributed by atoms with van der Waals surface area (Å²) in [5, 5.41) is 3.00. The first-order valence-corrected chi connectivity index (χ1v) is 7.85. The number of carbonyl (C=O) groups excluding carboxylic acids is 1. The Morgan fingerprint density at radius 2 is 2.05 bits per heavy atom. The van der Waals surface area contributed by atoms with Gasteiger partial charge >= 0.3 is 0 Å². The third-order valence-electron chi connectivity index (χ3n) is 3.87. The zero-order valence-corrected chi connectivity index (χ0v) is 12.9. The van der Waals surface area contributed by atoms with E-state index in [9.17, 15) is 9.18 Å². The summed E-state index contributed by atoms with van der Waals surface area (Å²) >= 11 is 0. The molecule has 0 spiro atoms. The Kier molecular flexibility index (Phi) is 5.74. The van der Waals surface area contributed by atoms with E-state index in [-0.39, 0.29) is 17.8 Å². The van der Waals surface area contributed by atoms with Crippen LogP contribution in [0.2, 0.25) is 0 Å². The number of hydrogen-bond acceptors (Lipinski definition) is 2. The van der Waals surface area contributed by atoms with Gasteiger partial charge in [-0.3, -0.25) is 9.69 Å². The maximum atomic E-state index is 12.9. The van der Waals surface area contributed by atoms with Crippen LogP contribution in [0.25, 0.3) is 0 Å². The molecule has 3 nitrogen and oxygen atoms in total. The monoisotopic (exact) mass is 292 g/mol. The molecule has 1 amide bonds. The molecule has 0 radical (unpaired) electrons. The van der Waals surface area contributed by atoms with E-state index in [0.29, 0.717) is 6.54 Å². The van der Waals surface area contributed by atoms with Crippen LogP contribution in [0, 0.1) is 11.7 Å². The molecule has 1 aliphatic carbocycles. The lowest BCUT2D eigenvalue weighted by Gasteiger charge is -2.22. The zero-order valence-electron chi connectivity index (χ0n) is 12.9.